The molecule has 3 nitrogen and oxygen atoms in total. The molecular weight excluding hydrogens is 196 g/mol. The van der Waals surface area contributed by atoms with Crippen LogP contribution in [-0.2, 0) is 6.54 Å². The molecule has 0 bridgehead atoms. The third-order valence-electron chi connectivity index (χ3n) is 2.09. The molecule has 1 unspecified atom stereocenters. The van der Waals surface area contributed by atoms with E-state index in [9.17, 15) is 0 Å². The molecule has 0 aliphatic rings. The van der Waals surface area contributed by atoms with Gasteiger partial charge in [-0.1, -0.05) is 0 Å². The van der Waals surface area contributed by atoms with Crippen LogP contribution < -0.4 is 5.32 Å². The molecule has 4 heteroatoms. The zero-order valence-electron chi connectivity index (χ0n) is 9.26. The van der Waals surface area contributed by atoms with Crippen LogP contribution in [-0.4, -0.2) is 23.0 Å². The normalized spacial score (nSPS) is 13.1. The van der Waals surface area contributed by atoms with Gasteiger partial charge < -0.3 is 9.73 Å². The molecule has 1 N–H and O–H groups in total. The molecule has 1 rings (SSSR count). The van der Waals surface area contributed by atoms with E-state index in [0.29, 0.717) is 6.04 Å². The highest BCUT2D eigenvalue weighted by atomic mass is 32.2. The maximum absolute atomic E-state index is 5.46. The summed E-state index contributed by atoms with van der Waals surface area (Å²) in [5, 5.41) is 3.36. The van der Waals surface area contributed by atoms with Gasteiger partial charge in [-0.05, 0) is 27.0 Å². The summed E-state index contributed by atoms with van der Waals surface area (Å²) in [6.45, 7) is 6.79. The van der Waals surface area contributed by atoms with Gasteiger partial charge in [0.05, 0.1) is 12.2 Å². The Balaban J connectivity index is 2.38. The maximum Gasteiger partial charge on any atom is 0.208 e. The van der Waals surface area contributed by atoms with Crippen LogP contribution in [0.2, 0.25) is 0 Å². The van der Waals surface area contributed by atoms with Gasteiger partial charge in [0.25, 0.3) is 0 Å². The van der Waals surface area contributed by atoms with Gasteiger partial charge in [-0.25, -0.2) is 4.98 Å². The highest BCUT2D eigenvalue weighted by Crippen LogP contribution is 2.08. The average molecular weight is 214 g/mol. The van der Waals surface area contributed by atoms with Gasteiger partial charge in [0, 0.05) is 11.8 Å². The minimum atomic E-state index is 0.498. The molecular formula is C10H18N2OS. The number of hydrogen-bond acceptors (Lipinski definition) is 4. The van der Waals surface area contributed by atoms with Crippen LogP contribution in [0.5, 0.6) is 0 Å². The number of nitrogens with zero attached hydrogens (tertiary/aromatic N) is 1. The number of thioether (sulfide) groups is 1. The average Bonchev–Trinajstić information content (AvgIpc) is 2.44. The number of rotatable bonds is 5. The third-order valence-corrected chi connectivity index (χ3v) is 2.92. The van der Waals surface area contributed by atoms with Gasteiger partial charge in [0.2, 0.25) is 5.89 Å². The van der Waals surface area contributed by atoms with Crippen LogP contribution in [0.1, 0.15) is 24.3 Å². The Bertz CT molecular complexity index is 266. The Hall–Kier alpha value is -0.480. The Kier molecular flexibility index (Phi) is 4.48. The molecule has 14 heavy (non-hydrogen) atoms. The minimum absolute atomic E-state index is 0.498. The number of nitrogens with one attached hydrogen (secondary N) is 1. The maximum atomic E-state index is 5.46. The summed E-state index contributed by atoms with van der Waals surface area (Å²) in [5.41, 5.74) is 0.985. The van der Waals surface area contributed by atoms with Crippen molar-refractivity contribution in [2.75, 3.05) is 12.0 Å². The van der Waals surface area contributed by atoms with E-state index in [1.807, 2.05) is 25.6 Å². The molecule has 0 spiro atoms. The summed E-state index contributed by atoms with van der Waals surface area (Å²) >= 11 is 1.84. The highest BCUT2D eigenvalue weighted by Gasteiger charge is 2.06. The SMILES string of the molecule is CSCC(C)NCc1nc(C)c(C)o1. The summed E-state index contributed by atoms with van der Waals surface area (Å²) in [4.78, 5) is 4.31. The summed E-state index contributed by atoms with van der Waals surface area (Å²) in [6.07, 6.45) is 2.11. The Morgan fingerprint density at radius 3 is 2.71 bits per heavy atom. The first-order valence-corrected chi connectivity index (χ1v) is 6.18. The fraction of sp³-hybridized carbons (Fsp3) is 0.700. The molecule has 1 heterocycles. The van der Waals surface area contributed by atoms with Gasteiger partial charge in [0.1, 0.15) is 5.76 Å². The molecule has 0 saturated carbocycles. The standard InChI is InChI=1S/C10H18N2OS/c1-7(6-14-4)11-5-10-12-8(2)9(3)13-10/h7,11H,5-6H2,1-4H3. The predicted octanol–water partition coefficient (Wildman–Crippen LogP) is 2.13. The molecule has 0 fully saturated rings. The molecule has 0 aliphatic heterocycles. The van der Waals surface area contributed by atoms with E-state index >= 15 is 0 Å². The first-order valence-electron chi connectivity index (χ1n) is 4.78. The topological polar surface area (TPSA) is 38.1 Å². The summed E-state index contributed by atoms with van der Waals surface area (Å²) in [5.74, 6) is 2.81. The molecule has 0 radical (unpaired) electrons. The van der Waals surface area contributed by atoms with Crippen LogP contribution in [0.25, 0.3) is 0 Å². The lowest BCUT2D eigenvalue weighted by molar-refractivity contribution is 0.436. The zero-order valence-corrected chi connectivity index (χ0v) is 10.1. The summed E-state index contributed by atoms with van der Waals surface area (Å²) in [7, 11) is 0. The van der Waals surface area contributed by atoms with Crippen LogP contribution >= 0.6 is 11.8 Å². The van der Waals surface area contributed by atoms with E-state index in [1.54, 1.807) is 0 Å². The third kappa shape index (κ3) is 3.35. The van der Waals surface area contributed by atoms with E-state index in [4.69, 9.17) is 4.42 Å². The Morgan fingerprint density at radius 1 is 1.50 bits per heavy atom. The van der Waals surface area contributed by atoms with E-state index in [-0.39, 0.29) is 0 Å². The first-order chi connectivity index (χ1) is 6.63. The van der Waals surface area contributed by atoms with Crippen molar-refractivity contribution < 1.29 is 4.42 Å². The molecule has 1 aromatic heterocycles. The Morgan fingerprint density at radius 2 is 2.21 bits per heavy atom. The second kappa shape index (κ2) is 5.41. The number of oxazole rings is 1. The van der Waals surface area contributed by atoms with E-state index in [1.165, 1.54) is 0 Å². The van der Waals surface area contributed by atoms with Gasteiger partial charge in [-0.3, -0.25) is 0 Å². The number of hydrogen-bond donors (Lipinski definition) is 1. The quantitative estimate of drug-likeness (QED) is 0.815. The first kappa shape index (κ1) is 11.6. The Labute approximate surface area is 89.7 Å². The smallest absolute Gasteiger partial charge is 0.208 e. The van der Waals surface area contributed by atoms with Crippen molar-refractivity contribution >= 4 is 11.8 Å². The van der Waals surface area contributed by atoms with Crippen molar-refractivity contribution in [2.45, 2.75) is 33.4 Å². The van der Waals surface area contributed by atoms with Crippen LogP contribution in [0.4, 0.5) is 0 Å². The number of aryl methyl sites for hydroxylation is 2. The van der Waals surface area contributed by atoms with Gasteiger partial charge in [0.15, 0.2) is 0 Å². The van der Waals surface area contributed by atoms with E-state index in [0.717, 1.165) is 29.6 Å². The van der Waals surface area contributed by atoms with Crippen molar-refractivity contribution in [1.82, 2.24) is 10.3 Å². The van der Waals surface area contributed by atoms with Gasteiger partial charge in [-0.15, -0.1) is 0 Å². The highest BCUT2D eigenvalue weighted by molar-refractivity contribution is 7.98. The predicted molar refractivity (Wildman–Crippen MR) is 60.7 cm³/mol. The number of aromatic nitrogens is 1. The molecule has 0 aliphatic carbocycles. The van der Waals surface area contributed by atoms with Crippen molar-refractivity contribution in [1.29, 1.82) is 0 Å². The lowest BCUT2D eigenvalue weighted by Crippen LogP contribution is -2.27. The monoisotopic (exact) mass is 214 g/mol. The van der Waals surface area contributed by atoms with Crippen molar-refractivity contribution in [3.05, 3.63) is 17.3 Å². The summed E-state index contributed by atoms with van der Waals surface area (Å²) in [6, 6.07) is 0.498. The molecule has 1 aromatic rings. The van der Waals surface area contributed by atoms with Crippen molar-refractivity contribution in [2.24, 2.45) is 0 Å². The lowest BCUT2D eigenvalue weighted by Gasteiger charge is -2.09. The van der Waals surface area contributed by atoms with Crippen molar-refractivity contribution in [3.63, 3.8) is 0 Å². The minimum Gasteiger partial charge on any atom is -0.444 e. The second-order valence-electron chi connectivity index (χ2n) is 3.49. The second-order valence-corrected chi connectivity index (χ2v) is 4.40. The van der Waals surface area contributed by atoms with Gasteiger partial charge >= 0.3 is 0 Å². The van der Waals surface area contributed by atoms with Crippen LogP contribution in [0, 0.1) is 13.8 Å². The molecule has 80 valence electrons. The lowest BCUT2D eigenvalue weighted by atomic mass is 10.4. The molecule has 0 aromatic carbocycles. The largest absolute Gasteiger partial charge is 0.444 e. The van der Waals surface area contributed by atoms with Crippen LogP contribution in [0.15, 0.2) is 4.42 Å². The molecule has 1 atom stereocenters. The van der Waals surface area contributed by atoms with E-state index in [2.05, 4.69) is 23.5 Å². The van der Waals surface area contributed by atoms with Crippen molar-refractivity contribution in [3.8, 4) is 0 Å². The fourth-order valence-corrected chi connectivity index (χ4v) is 1.80. The summed E-state index contributed by atoms with van der Waals surface area (Å²) < 4.78 is 5.46. The molecule has 0 amide bonds. The zero-order chi connectivity index (χ0) is 10.6. The van der Waals surface area contributed by atoms with E-state index < -0.39 is 0 Å². The van der Waals surface area contributed by atoms with Crippen LogP contribution in [0.3, 0.4) is 0 Å². The van der Waals surface area contributed by atoms with Gasteiger partial charge in [-0.2, -0.15) is 11.8 Å². The fourth-order valence-electron chi connectivity index (χ4n) is 1.19. The molecule has 0 saturated heterocycles.